The molecule has 0 saturated carbocycles. The molecule has 0 aliphatic rings. The summed E-state index contributed by atoms with van der Waals surface area (Å²) in [6.07, 6.45) is 0. The van der Waals surface area contributed by atoms with Crippen LogP contribution in [0.5, 0.6) is 5.75 Å². The van der Waals surface area contributed by atoms with Crippen LogP contribution in [0.15, 0.2) is 30.3 Å². The fourth-order valence-corrected chi connectivity index (χ4v) is 2.62. The Morgan fingerprint density at radius 3 is 2.00 bits per heavy atom. The molecule has 0 aliphatic carbocycles. The molecule has 5 heteroatoms. The molecule has 2 aromatic rings. The first-order valence-electron chi connectivity index (χ1n) is 8.31. The first-order valence-corrected chi connectivity index (χ1v) is 8.31. The molecular weight excluding hydrogens is 314 g/mol. The van der Waals surface area contributed by atoms with Crippen LogP contribution in [0.4, 0.5) is 11.6 Å². The van der Waals surface area contributed by atoms with Crippen LogP contribution in [0.1, 0.15) is 63.0 Å². The lowest BCUT2D eigenvalue weighted by Crippen LogP contribution is -2.21. The van der Waals surface area contributed by atoms with Crippen LogP contribution in [-0.2, 0) is 10.8 Å². The second-order valence-corrected chi connectivity index (χ2v) is 8.32. The maximum atomic E-state index is 12.7. The van der Waals surface area contributed by atoms with Crippen LogP contribution in [-0.4, -0.2) is 16.0 Å². The Bertz CT molecular complexity index is 764. The molecule has 25 heavy (non-hydrogen) atoms. The van der Waals surface area contributed by atoms with Crippen molar-refractivity contribution in [2.24, 2.45) is 0 Å². The number of aromatic nitrogens is 1. The van der Waals surface area contributed by atoms with Crippen molar-refractivity contribution in [3.8, 4) is 5.75 Å². The van der Waals surface area contributed by atoms with Crippen molar-refractivity contribution in [1.29, 1.82) is 0 Å². The Hall–Kier alpha value is -2.56. The van der Waals surface area contributed by atoms with Crippen LogP contribution in [0.2, 0.25) is 0 Å². The van der Waals surface area contributed by atoms with E-state index in [4.69, 9.17) is 5.73 Å². The van der Waals surface area contributed by atoms with Crippen molar-refractivity contribution >= 4 is 17.5 Å². The van der Waals surface area contributed by atoms with Gasteiger partial charge in [-0.15, -0.1) is 0 Å². The standard InChI is InChI=1S/C20H27N3O2/c1-19(2,3)13-10-12(11-14(17(13)24)20(4,5)6)18(25)23-16-9-7-8-15(21)22-16/h7-11,24H,1-6H3,(H3,21,22,23,25). The Morgan fingerprint density at radius 1 is 1.04 bits per heavy atom. The van der Waals surface area contributed by atoms with Gasteiger partial charge < -0.3 is 16.2 Å². The van der Waals surface area contributed by atoms with Gasteiger partial charge in [-0.2, -0.15) is 0 Å². The fraction of sp³-hybridized carbons (Fsp3) is 0.400. The summed E-state index contributed by atoms with van der Waals surface area (Å²) >= 11 is 0. The number of pyridine rings is 1. The number of carbonyl (C=O) groups excluding carboxylic acids is 1. The molecule has 0 spiro atoms. The van der Waals surface area contributed by atoms with Crippen molar-refractivity contribution in [3.63, 3.8) is 0 Å². The number of nitrogen functional groups attached to an aromatic ring is 1. The summed E-state index contributed by atoms with van der Waals surface area (Å²) in [5.41, 5.74) is 7.03. The number of carbonyl (C=O) groups is 1. The van der Waals surface area contributed by atoms with E-state index in [0.29, 0.717) is 17.2 Å². The Kier molecular flexibility index (Phi) is 4.80. The first kappa shape index (κ1) is 18.8. The average molecular weight is 341 g/mol. The molecular formula is C20H27N3O2. The lowest BCUT2D eigenvalue weighted by Gasteiger charge is -2.28. The van der Waals surface area contributed by atoms with E-state index >= 15 is 0 Å². The predicted molar refractivity (Wildman–Crippen MR) is 102 cm³/mol. The molecule has 0 saturated heterocycles. The number of aromatic hydroxyl groups is 1. The number of amides is 1. The van der Waals surface area contributed by atoms with Gasteiger partial charge in [0.25, 0.3) is 5.91 Å². The molecule has 0 atom stereocenters. The van der Waals surface area contributed by atoms with Crippen LogP contribution >= 0.6 is 0 Å². The minimum absolute atomic E-state index is 0.249. The lowest BCUT2D eigenvalue weighted by molar-refractivity contribution is 0.102. The van der Waals surface area contributed by atoms with Crippen molar-refractivity contribution in [2.45, 2.75) is 52.4 Å². The number of nitrogens with zero attached hydrogens (tertiary/aromatic N) is 1. The molecule has 0 unspecified atom stereocenters. The summed E-state index contributed by atoms with van der Waals surface area (Å²) in [5, 5.41) is 13.5. The summed E-state index contributed by atoms with van der Waals surface area (Å²) in [5.74, 6) is 0.703. The van der Waals surface area contributed by atoms with E-state index in [9.17, 15) is 9.90 Å². The van der Waals surface area contributed by atoms with Crippen LogP contribution < -0.4 is 11.1 Å². The molecule has 0 fully saturated rings. The smallest absolute Gasteiger partial charge is 0.256 e. The minimum atomic E-state index is -0.296. The van der Waals surface area contributed by atoms with E-state index in [-0.39, 0.29) is 22.5 Å². The molecule has 1 aromatic heterocycles. The molecule has 1 amide bonds. The van der Waals surface area contributed by atoms with Gasteiger partial charge in [0.05, 0.1) is 0 Å². The van der Waals surface area contributed by atoms with E-state index in [2.05, 4.69) is 10.3 Å². The SMILES string of the molecule is CC(C)(C)c1cc(C(=O)Nc2cccc(N)n2)cc(C(C)(C)C)c1O. The number of anilines is 2. The van der Waals surface area contributed by atoms with Gasteiger partial charge >= 0.3 is 0 Å². The van der Waals surface area contributed by atoms with Gasteiger partial charge in [0.15, 0.2) is 0 Å². The Morgan fingerprint density at radius 2 is 1.56 bits per heavy atom. The van der Waals surface area contributed by atoms with Crippen LogP contribution in [0, 0.1) is 0 Å². The van der Waals surface area contributed by atoms with E-state index < -0.39 is 0 Å². The Labute approximate surface area is 149 Å². The van der Waals surface area contributed by atoms with Crippen LogP contribution in [0.3, 0.4) is 0 Å². The monoisotopic (exact) mass is 341 g/mol. The van der Waals surface area contributed by atoms with Crippen LogP contribution in [0.25, 0.3) is 0 Å². The number of nitrogens with two attached hydrogens (primary N) is 1. The lowest BCUT2D eigenvalue weighted by atomic mass is 9.78. The molecule has 0 radical (unpaired) electrons. The number of phenolic OH excluding ortho intramolecular Hbond substituents is 1. The largest absolute Gasteiger partial charge is 0.507 e. The topological polar surface area (TPSA) is 88.2 Å². The maximum absolute atomic E-state index is 12.7. The molecule has 0 aliphatic heterocycles. The summed E-state index contributed by atoms with van der Waals surface area (Å²) in [6, 6.07) is 8.56. The van der Waals surface area contributed by atoms with Gasteiger partial charge in [0, 0.05) is 16.7 Å². The minimum Gasteiger partial charge on any atom is -0.507 e. The summed E-state index contributed by atoms with van der Waals surface area (Å²) in [6.45, 7) is 12.1. The number of rotatable bonds is 2. The highest BCUT2D eigenvalue weighted by molar-refractivity contribution is 6.04. The molecule has 5 nitrogen and oxygen atoms in total. The number of benzene rings is 1. The van der Waals surface area contributed by atoms with Gasteiger partial charge in [-0.3, -0.25) is 4.79 Å². The molecule has 4 N–H and O–H groups in total. The zero-order valence-corrected chi connectivity index (χ0v) is 15.8. The number of hydrogen-bond acceptors (Lipinski definition) is 4. The zero-order valence-electron chi connectivity index (χ0n) is 15.8. The first-order chi connectivity index (χ1) is 11.4. The normalized spacial score (nSPS) is 12.1. The molecule has 134 valence electrons. The van der Waals surface area contributed by atoms with Crippen molar-refractivity contribution in [1.82, 2.24) is 4.98 Å². The van der Waals surface area contributed by atoms with E-state index in [1.54, 1.807) is 30.3 Å². The molecule has 1 heterocycles. The molecule has 2 rings (SSSR count). The van der Waals surface area contributed by atoms with Gasteiger partial charge in [0.2, 0.25) is 0 Å². The number of phenols is 1. The van der Waals surface area contributed by atoms with Crippen molar-refractivity contribution in [3.05, 3.63) is 47.0 Å². The second kappa shape index (κ2) is 6.39. The van der Waals surface area contributed by atoms with Gasteiger partial charge in [0.1, 0.15) is 17.4 Å². The number of hydrogen-bond donors (Lipinski definition) is 3. The summed E-state index contributed by atoms with van der Waals surface area (Å²) < 4.78 is 0. The summed E-state index contributed by atoms with van der Waals surface area (Å²) in [4.78, 5) is 16.8. The number of nitrogens with one attached hydrogen (secondary N) is 1. The van der Waals surface area contributed by atoms with E-state index in [1.807, 2.05) is 41.5 Å². The fourth-order valence-electron chi connectivity index (χ4n) is 2.62. The van der Waals surface area contributed by atoms with E-state index in [1.165, 1.54) is 0 Å². The third kappa shape index (κ3) is 4.29. The molecule has 0 bridgehead atoms. The maximum Gasteiger partial charge on any atom is 0.256 e. The molecule has 1 aromatic carbocycles. The third-order valence-electron chi connectivity index (χ3n) is 4.00. The summed E-state index contributed by atoms with van der Waals surface area (Å²) in [7, 11) is 0. The highest BCUT2D eigenvalue weighted by Gasteiger charge is 2.27. The van der Waals surface area contributed by atoms with Gasteiger partial charge in [-0.25, -0.2) is 4.98 Å². The van der Waals surface area contributed by atoms with Crippen molar-refractivity contribution in [2.75, 3.05) is 11.1 Å². The Balaban J connectivity index is 2.51. The highest BCUT2D eigenvalue weighted by Crippen LogP contribution is 2.39. The highest BCUT2D eigenvalue weighted by atomic mass is 16.3. The second-order valence-electron chi connectivity index (χ2n) is 8.32. The van der Waals surface area contributed by atoms with Gasteiger partial charge in [-0.05, 0) is 35.1 Å². The zero-order chi connectivity index (χ0) is 19.0. The third-order valence-corrected chi connectivity index (χ3v) is 4.00. The van der Waals surface area contributed by atoms with E-state index in [0.717, 1.165) is 11.1 Å². The van der Waals surface area contributed by atoms with Gasteiger partial charge in [-0.1, -0.05) is 47.6 Å². The average Bonchev–Trinajstić information content (AvgIpc) is 2.44. The predicted octanol–water partition coefficient (Wildman–Crippen LogP) is 4.22. The van der Waals surface area contributed by atoms with Crippen molar-refractivity contribution < 1.29 is 9.90 Å². The quantitative estimate of drug-likeness (QED) is 0.763.